The highest BCUT2D eigenvalue weighted by Gasteiger charge is 2.19. The molecule has 2 atom stereocenters. The molecule has 148 valence electrons. The van der Waals surface area contributed by atoms with E-state index in [-0.39, 0.29) is 23.1 Å². The number of carbonyl (C=O) groups excluding carboxylic acids is 2. The van der Waals surface area contributed by atoms with E-state index < -0.39 is 0 Å². The molecule has 0 bridgehead atoms. The van der Waals surface area contributed by atoms with Crippen molar-refractivity contribution in [2.45, 2.75) is 30.0 Å². The standard InChI is InChI=1S/C24H24N2O2S/c1-17(19-11-5-3-6-12-19)25-24(28)21-15-9-10-16-22(21)26-23(27)18(2)29-20-13-7-4-8-14-20/h3-18H,1-2H3,(H,25,28)(H,26,27)/t17-,18-/m0/s1. The lowest BCUT2D eigenvalue weighted by molar-refractivity contribution is -0.115. The second-order valence-electron chi connectivity index (χ2n) is 6.71. The number of hydrogen-bond donors (Lipinski definition) is 2. The zero-order valence-electron chi connectivity index (χ0n) is 16.5. The summed E-state index contributed by atoms with van der Waals surface area (Å²) in [4.78, 5) is 26.5. The molecule has 3 rings (SSSR count). The summed E-state index contributed by atoms with van der Waals surface area (Å²) in [5.41, 5.74) is 1.98. The lowest BCUT2D eigenvalue weighted by Gasteiger charge is -2.17. The van der Waals surface area contributed by atoms with Crippen molar-refractivity contribution in [3.63, 3.8) is 0 Å². The van der Waals surface area contributed by atoms with Gasteiger partial charge in [0.05, 0.1) is 22.5 Å². The van der Waals surface area contributed by atoms with E-state index >= 15 is 0 Å². The van der Waals surface area contributed by atoms with Crippen LogP contribution in [0.4, 0.5) is 5.69 Å². The van der Waals surface area contributed by atoms with Gasteiger partial charge in [0.15, 0.2) is 0 Å². The summed E-state index contributed by atoms with van der Waals surface area (Å²) in [6, 6.07) is 26.5. The van der Waals surface area contributed by atoms with Gasteiger partial charge >= 0.3 is 0 Å². The van der Waals surface area contributed by atoms with Crippen LogP contribution >= 0.6 is 11.8 Å². The molecule has 2 N–H and O–H groups in total. The van der Waals surface area contributed by atoms with Crippen LogP contribution < -0.4 is 10.6 Å². The van der Waals surface area contributed by atoms with Crippen LogP contribution in [-0.4, -0.2) is 17.1 Å². The number of thioether (sulfide) groups is 1. The average molecular weight is 405 g/mol. The van der Waals surface area contributed by atoms with E-state index in [1.165, 1.54) is 11.8 Å². The Kier molecular flexibility index (Phi) is 7.09. The molecule has 0 aliphatic carbocycles. The molecule has 29 heavy (non-hydrogen) atoms. The Hall–Kier alpha value is -3.05. The van der Waals surface area contributed by atoms with Gasteiger partial charge in [-0.2, -0.15) is 0 Å². The third-order valence-electron chi connectivity index (χ3n) is 4.50. The van der Waals surface area contributed by atoms with Crippen LogP contribution in [0, 0.1) is 0 Å². The SMILES string of the molecule is C[C@H](Sc1ccccc1)C(=O)Nc1ccccc1C(=O)N[C@@H](C)c1ccccc1. The number of para-hydroxylation sites is 1. The Labute approximate surface area is 175 Å². The topological polar surface area (TPSA) is 58.2 Å². The molecule has 3 aromatic carbocycles. The molecule has 0 unspecified atom stereocenters. The zero-order chi connectivity index (χ0) is 20.6. The van der Waals surface area contributed by atoms with Gasteiger partial charge in [-0.15, -0.1) is 11.8 Å². The lowest BCUT2D eigenvalue weighted by atomic mass is 10.1. The van der Waals surface area contributed by atoms with Crippen molar-refractivity contribution in [1.82, 2.24) is 5.32 Å². The maximum Gasteiger partial charge on any atom is 0.253 e. The molecule has 0 saturated heterocycles. The molecule has 0 spiro atoms. The molecular formula is C24H24N2O2S. The van der Waals surface area contributed by atoms with E-state index in [1.807, 2.05) is 80.6 Å². The van der Waals surface area contributed by atoms with Crippen LogP contribution in [0.1, 0.15) is 35.8 Å². The summed E-state index contributed by atoms with van der Waals surface area (Å²) < 4.78 is 0. The average Bonchev–Trinajstić information content (AvgIpc) is 2.75. The normalized spacial score (nSPS) is 12.6. The van der Waals surface area contributed by atoms with E-state index in [0.717, 1.165) is 10.5 Å². The first kappa shape index (κ1) is 20.7. The van der Waals surface area contributed by atoms with Gasteiger partial charge in [-0.1, -0.05) is 60.7 Å². The van der Waals surface area contributed by atoms with E-state index in [9.17, 15) is 9.59 Å². The molecule has 0 aromatic heterocycles. The minimum atomic E-state index is -0.295. The number of anilines is 1. The van der Waals surface area contributed by atoms with Gasteiger partial charge in [-0.3, -0.25) is 9.59 Å². The smallest absolute Gasteiger partial charge is 0.253 e. The van der Waals surface area contributed by atoms with Crippen molar-refractivity contribution < 1.29 is 9.59 Å². The zero-order valence-corrected chi connectivity index (χ0v) is 17.3. The van der Waals surface area contributed by atoms with Crippen LogP contribution in [0.3, 0.4) is 0 Å². The molecule has 0 heterocycles. The van der Waals surface area contributed by atoms with Gasteiger partial charge in [-0.05, 0) is 43.7 Å². The summed E-state index contributed by atoms with van der Waals surface area (Å²) in [6.07, 6.45) is 0. The number of carbonyl (C=O) groups is 2. The summed E-state index contributed by atoms with van der Waals surface area (Å²) >= 11 is 1.48. The summed E-state index contributed by atoms with van der Waals surface area (Å²) in [6.45, 7) is 3.79. The maximum atomic E-state index is 12.8. The van der Waals surface area contributed by atoms with Gasteiger partial charge in [0.1, 0.15) is 0 Å². The van der Waals surface area contributed by atoms with Crippen molar-refractivity contribution in [3.05, 3.63) is 96.1 Å². The molecule has 0 saturated carbocycles. The number of benzene rings is 3. The molecule has 5 heteroatoms. The maximum absolute atomic E-state index is 12.8. The number of amides is 2. The second kappa shape index (κ2) is 9.94. The number of rotatable bonds is 7. The molecule has 0 radical (unpaired) electrons. The Morgan fingerprint density at radius 2 is 1.38 bits per heavy atom. The molecule has 3 aromatic rings. The predicted molar refractivity (Wildman–Crippen MR) is 119 cm³/mol. The van der Waals surface area contributed by atoms with Crippen molar-refractivity contribution in [3.8, 4) is 0 Å². The minimum absolute atomic E-state index is 0.139. The van der Waals surface area contributed by atoms with E-state index in [4.69, 9.17) is 0 Å². The van der Waals surface area contributed by atoms with Crippen molar-refractivity contribution >= 4 is 29.3 Å². The number of nitrogens with one attached hydrogen (secondary N) is 2. The first-order chi connectivity index (χ1) is 14.0. The monoisotopic (exact) mass is 404 g/mol. The third-order valence-corrected chi connectivity index (χ3v) is 5.61. The third kappa shape index (κ3) is 5.72. The summed E-state index contributed by atoms with van der Waals surface area (Å²) in [5, 5.41) is 5.61. The van der Waals surface area contributed by atoms with Gasteiger partial charge in [0.2, 0.25) is 5.91 Å². The second-order valence-corrected chi connectivity index (χ2v) is 8.13. The van der Waals surface area contributed by atoms with Crippen LogP contribution in [0.25, 0.3) is 0 Å². The van der Waals surface area contributed by atoms with Crippen molar-refractivity contribution in [1.29, 1.82) is 0 Å². The minimum Gasteiger partial charge on any atom is -0.345 e. The fourth-order valence-corrected chi connectivity index (χ4v) is 3.77. The van der Waals surface area contributed by atoms with Crippen LogP contribution in [0.15, 0.2) is 89.8 Å². The van der Waals surface area contributed by atoms with Crippen LogP contribution in [-0.2, 0) is 4.79 Å². The Morgan fingerprint density at radius 3 is 2.07 bits per heavy atom. The van der Waals surface area contributed by atoms with Gasteiger partial charge in [0.25, 0.3) is 5.91 Å². The summed E-state index contributed by atoms with van der Waals surface area (Å²) in [7, 11) is 0. The quantitative estimate of drug-likeness (QED) is 0.526. The van der Waals surface area contributed by atoms with Gasteiger partial charge in [-0.25, -0.2) is 0 Å². The summed E-state index contributed by atoms with van der Waals surface area (Å²) in [5.74, 6) is -0.365. The molecule has 0 fully saturated rings. The molecule has 0 aliphatic heterocycles. The Bertz CT molecular complexity index is 961. The van der Waals surface area contributed by atoms with Gasteiger partial charge < -0.3 is 10.6 Å². The predicted octanol–water partition coefficient (Wildman–Crippen LogP) is 5.30. The molecule has 4 nitrogen and oxygen atoms in total. The molecular weight excluding hydrogens is 380 g/mol. The van der Waals surface area contributed by atoms with E-state index in [0.29, 0.717) is 11.3 Å². The first-order valence-electron chi connectivity index (χ1n) is 9.52. The van der Waals surface area contributed by atoms with Crippen molar-refractivity contribution in [2.75, 3.05) is 5.32 Å². The Balaban J connectivity index is 1.68. The van der Waals surface area contributed by atoms with Crippen LogP contribution in [0.5, 0.6) is 0 Å². The fourth-order valence-electron chi connectivity index (χ4n) is 2.88. The largest absolute Gasteiger partial charge is 0.345 e. The lowest BCUT2D eigenvalue weighted by Crippen LogP contribution is -2.29. The highest BCUT2D eigenvalue weighted by atomic mass is 32.2. The highest BCUT2D eigenvalue weighted by molar-refractivity contribution is 8.00. The highest BCUT2D eigenvalue weighted by Crippen LogP contribution is 2.25. The van der Waals surface area contributed by atoms with Gasteiger partial charge in [0, 0.05) is 4.90 Å². The Morgan fingerprint density at radius 1 is 0.793 bits per heavy atom. The first-order valence-corrected chi connectivity index (χ1v) is 10.4. The van der Waals surface area contributed by atoms with Crippen LogP contribution in [0.2, 0.25) is 0 Å². The fraction of sp³-hybridized carbons (Fsp3) is 0.167. The number of hydrogen-bond acceptors (Lipinski definition) is 3. The molecule has 2 amide bonds. The van der Waals surface area contributed by atoms with Crippen molar-refractivity contribution in [2.24, 2.45) is 0 Å². The van der Waals surface area contributed by atoms with E-state index in [2.05, 4.69) is 10.6 Å². The van der Waals surface area contributed by atoms with E-state index in [1.54, 1.807) is 18.2 Å². The molecule has 0 aliphatic rings.